The van der Waals surface area contributed by atoms with Gasteiger partial charge < -0.3 is 10.0 Å². The third-order valence-corrected chi connectivity index (χ3v) is 7.08. The second kappa shape index (κ2) is 8.88. The standard InChI is InChI=1S/C24H27F3N6O/c1-2-14-4-3-5-20(22(14)24(25,26)27)33(17-7-8-17)23-28-13-19(31-32-23)18-9-6-15(10-21(18)34)16-11-29-30-12-16/h6,9-14,17,20,22,34H,2-5,7-8H2,1H3,(H,29,30)/t14-,20-,22+/m0/s1. The number of anilines is 1. The number of phenolic OH excluding ortho intramolecular Hbond substituents is 1. The van der Waals surface area contributed by atoms with Crippen molar-refractivity contribution in [1.82, 2.24) is 25.4 Å². The summed E-state index contributed by atoms with van der Waals surface area (Å²) in [5.74, 6) is -1.54. The molecule has 3 aromatic rings. The Kier molecular flexibility index (Phi) is 5.91. The van der Waals surface area contributed by atoms with Gasteiger partial charge in [-0.2, -0.15) is 18.3 Å². The van der Waals surface area contributed by atoms with Crippen LogP contribution in [0.3, 0.4) is 0 Å². The highest BCUT2D eigenvalue weighted by Gasteiger charge is 2.54. The van der Waals surface area contributed by atoms with Crippen LogP contribution in [0.25, 0.3) is 22.4 Å². The first kappa shape index (κ1) is 22.6. The van der Waals surface area contributed by atoms with Crippen LogP contribution in [0.15, 0.2) is 36.8 Å². The van der Waals surface area contributed by atoms with Gasteiger partial charge in [-0.1, -0.05) is 25.8 Å². The molecule has 0 unspecified atom stereocenters. The van der Waals surface area contributed by atoms with Crippen molar-refractivity contribution in [3.63, 3.8) is 0 Å². The highest BCUT2D eigenvalue weighted by atomic mass is 19.4. The van der Waals surface area contributed by atoms with Crippen LogP contribution in [0.2, 0.25) is 0 Å². The van der Waals surface area contributed by atoms with Crippen LogP contribution < -0.4 is 4.90 Å². The van der Waals surface area contributed by atoms with E-state index in [-0.39, 0.29) is 17.7 Å². The van der Waals surface area contributed by atoms with E-state index in [1.807, 2.05) is 13.0 Å². The van der Waals surface area contributed by atoms with Crippen LogP contribution >= 0.6 is 0 Å². The molecule has 180 valence electrons. The van der Waals surface area contributed by atoms with Gasteiger partial charge >= 0.3 is 6.18 Å². The number of alkyl halides is 3. The van der Waals surface area contributed by atoms with Crippen molar-refractivity contribution >= 4 is 5.95 Å². The van der Waals surface area contributed by atoms with Crippen molar-refractivity contribution in [2.24, 2.45) is 11.8 Å². The largest absolute Gasteiger partial charge is 0.507 e. The minimum atomic E-state index is -4.27. The Morgan fingerprint density at radius 1 is 1.09 bits per heavy atom. The molecule has 0 aliphatic heterocycles. The molecule has 7 nitrogen and oxygen atoms in total. The van der Waals surface area contributed by atoms with E-state index in [9.17, 15) is 18.3 Å². The Balaban J connectivity index is 1.43. The first-order valence-electron chi connectivity index (χ1n) is 11.7. The van der Waals surface area contributed by atoms with Gasteiger partial charge in [0.15, 0.2) is 0 Å². The summed E-state index contributed by atoms with van der Waals surface area (Å²) < 4.78 is 42.4. The average Bonchev–Trinajstić information content (AvgIpc) is 3.50. The lowest BCUT2D eigenvalue weighted by atomic mass is 9.73. The maximum Gasteiger partial charge on any atom is 0.394 e. The lowest BCUT2D eigenvalue weighted by molar-refractivity contribution is -0.201. The number of nitrogens with zero attached hydrogens (tertiary/aromatic N) is 5. The first-order chi connectivity index (χ1) is 16.4. The second-order valence-electron chi connectivity index (χ2n) is 9.23. The maximum atomic E-state index is 14.1. The molecular weight excluding hydrogens is 445 g/mol. The maximum absolute atomic E-state index is 14.1. The zero-order chi connectivity index (χ0) is 23.9. The van der Waals surface area contributed by atoms with E-state index in [4.69, 9.17) is 0 Å². The SMILES string of the molecule is CC[C@H]1CCC[C@H](N(c2ncc(-c3ccc(-c4cn[nH]c4)cc3O)nn2)C2CC2)[C@@H]1C(F)(F)F. The minimum Gasteiger partial charge on any atom is -0.507 e. The van der Waals surface area contributed by atoms with Crippen molar-refractivity contribution < 1.29 is 18.3 Å². The summed E-state index contributed by atoms with van der Waals surface area (Å²) in [4.78, 5) is 6.21. The Labute approximate surface area is 195 Å². The van der Waals surface area contributed by atoms with Gasteiger partial charge in [-0.15, -0.1) is 10.2 Å². The molecule has 0 saturated heterocycles. The zero-order valence-corrected chi connectivity index (χ0v) is 18.8. The quantitative estimate of drug-likeness (QED) is 0.502. The molecule has 1 aromatic carbocycles. The summed E-state index contributed by atoms with van der Waals surface area (Å²) in [6.07, 6.45) is 4.59. The van der Waals surface area contributed by atoms with E-state index < -0.39 is 24.1 Å². The third-order valence-electron chi connectivity index (χ3n) is 7.08. The Bertz CT molecular complexity index is 1110. The molecule has 3 atom stereocenters. The molecule has 10 heteroatoms. The summed E-state index contributed by atoms with van der Waals surface area (Å²) in [7, 11) is 0. The number of nitrogens with one attached hydrogen (secondary N) is 1. The summed E-state index contributed by atoms with van der Waals surface area (Å²) in [5, 5.41) is 25.7. The molecule has 34 heavy (non-hydrogen) atoms. The number of benzene rings is 1. The fourth-order valence-electron chi connectivity index (χ4n) is 5.30. The number of H-pyrrole nitrogens is 1. The molecule has 2 aromatic heterocycles. The lowest BCUT2D eigenvalue weighted by Gasteiger charge is -2.44. The van der Waals surface area contributed by atoms with Gasteiger partial charge in [0.2, 0.25) is 5.95 Å². The lowest BCUT2D eigenvalue weighted by Crippen LogP contribution is -2.53. The number of hydrogen-bond acceptors (Lipinski definition) is 6. The predicted molar refractivity (Wildman–Crippen MR) is 121 cm³/mol. The van der Waals surface area contributed by atoms with Crippen LogP contribution in [0.4, 0.5) is 19.1 Å². The monoisotopic (exact) mass is 472 g/mol. The molecule has 0 spiro atoms. The topological polar surface area (TPSA) is 90.8 Å². The summed E-state index contributed by atoms with van der Waals surface area (Å²) in [5.41, 5.74) is 2.43. The number of rotatable bonds is 6. The van der Waals surface area contributed by atoms with Crippen LogP contribution in [0.5, 0.6) is 5.75 Å². The van der Waals surface area contributed by atoms with Crippen LogP contribution in [0, 0.1) is 11.8 Å². The van der Waals surface area contributed by atoms with Gasteiger partial charge in [-0.05, 0) is 49.3 Å². The van der Waals surface area contributed by atoms with E-state index in [2.05, 4.69) is 25.4 Å². The molecule has 2 N–H and O–H groups in total. The van der Waals surface area contributed by atoms with Crippen molar-refractivity contribution in [2.45, 2.75) is 63.7 Å². The Hall–Kier alpha value is -3.17. The van der Waals surface area contributed by atoms with Crippen LogP contribution in [-0.4, -0.2) is 48.7 Å². The molecule has 2 aliphatic rings. The highest BCUT2D eigenvalue weighted by molar-refractivity contribution is 5.73. The summed E-state index contributed by atoms with van der Waals surface area (Å²) in [6, 6.07) is 4.48. The summed E-state index contributed by atoms with van der Waals surface area (Å²) in [6.45, 7) is 1.84. The van der Waals surface area contributed by atoms with E-state index in [1.165, 1.54) is 6.20 Å². The first-order valence-corrected chi connectivity index (χ1v) is 11.7. The minimum absolute atomic E-state index is 0.0109. The van der Waals surface area contributed by atoms with Crippen molar-refractivity contribution in [3.8, 4) is 28.1 Å². The highest BCUT2D eigenvalue weighted by Crippen LogP contribution is 2.48. The number of aromatic nitrogens is 5. The fourth-order valence-corrected chi connectivity index (χ4v) is 5.30. The Morgan fingerprint density at radius 3 is 2.50 bits per heavy atom. The van der Waals surface area contributed by atoms with Crippen molar-refractivity contribution in [3.05, 3.63) is 36.8 Å². The molecule has 2 heterocycles. The molecule has 0 amide bonds. The normalized spacial score (nSPS) is 23.1. The molecular formula is C24H27F3N6O. The molecule has 0 bridgehead atoms. The van der Waals surface area contributed by atoms with Gasteiger partial charge in [0.25, 0.3) is 0 Å². The molecule has 5 rings (SSSR count). The third kappa shape index (κ3) is 4.33. The number of hydrogen-bond donors (Lipinski definition) is 2. The van der Waals surface area contributed by atoms with Crippen molar-refractivity contribution in [2.75, 3.05) is 4.90 Å². The van der Waals surface area contributed by atoms with E-state index in [0.717, 1.165) is 30.4 Å². The second-order valence-corrected chi connectivity index (χ2v) is 9.23. The van der Waals surface area contributed by atoms with Gasteiger partial charge in [0.05, 0.1) is 18.3 Å². The van der Waals surface area contributed by atoms with Crippen molar-refractivity contribution in [1.29, 1.82) is 0 Å². The molecule has 0 radical (unpaired) electrons. The molecule has 2 fully saturated rings. The van der Waals surface area contributed by atoms with Crippen LogP contribution in [-0.2, 0) is 0 Å². The Morgan fingerprint density at radius 2 is 1.91 bits per heavy atom. The van der Waals surface area contributed by atoms with Gasteiger partial charge in [-0.3, -0.25) is 5.10 Å². The van der Waals surface area contributed by atoms with Gasteiger partial charge in [0.1, 0.15) is 11.4 Å². The van der Waals surface area contributed by atoms with Gasteiger partial charge in [-0.25, -0.2) is 4.98 Å². The van der Waals surface area contributed by atoms with E-state index >= 15 is 0 Å². The molecule has 2 aliphatic carbocycles. The predicted octanol–water partition coefficient (Wildman–Crippen LogP) is 5.36. The zero-order valence-electron chi connectivity index (χ0n) is 18.8. The number of aromatic hydroxyl groups is 1. The summed E-state index contributed by atoms with van der Waals surface area (Å²) >= 11 is 0. The number of halogens is 3. The average molecular weight is 473 g/mol. The number of phenols is 1. The number of aromatic amines is 1. The van der Waals surface area contributed by atoms with Crippen LogP contribution in [0.1, 0.15) is 45.4 Å². The van der Waals surface area contributed by atoms with E-state index in [1.54, 1.807) is 29.4 Å². The van der Waals surface area contributed by atoms with E-state index in [0.29, 0.717) is 30.5 Å². The van der Waals surface area contributed by atoms with Gasteiger partial charge in [0, 0.05) is 29.4 Å². The smallest absolute Gasteiger partial charge is 0.394 e. The molecule has 2 saturated carbocycles. The fraction of sp³-hybridized carbons (Fsp3) is 0.500.